The van der Waals surface area contributed by atoms with E-state index < -0.39 is 53.1 Å². The number of halogens is 3. The number of benzene rings is 2. The van der Waals surface area contributed by atoms with Crippen molar-refractivity contribution in [1.82, 2.24) is 20.9 Å². The number of carboxylic acid groups (broad SMARTS) is 1. The summed E-state index contributed by atoms with van der Waals surface area (Å²) in [5, 5.41) is 26.6. The van der Waals surface area contributed by atoms with E-state index in [1.807, 2.05) is 13.8 Å². The number of nitrogens with two attached hydrogens (primary N) is 1. The van der Waals surface area contributed by atoms with E-state index in [2.05, 4.69) is 16.0 Å². The van der Waals surface area contributed by atoms with Crippen LogP contribution in [0.25, 0.3) is 11.1 Å². The van der Waals surface area contributed by atoms with Crippen molar-refractivity contribution in [3.8, 4) is 11.1 Å². The number of non-ortho nitro benzene ring substituents is 1. The van der Waals surface area contributed by atoms with Gasteiger partial charge in [0.15, 0.2) is 0 Å². The Bertz CT molecular complexity index is 1490. The Kier molecular flexibility index (Phi) is 14.0. The van der Waals surface area contributed by atoms with Crippen molar-refractivity contribution < 1.29 is 47.2 Å². The van der Waals surface area contributed by atoms with Crippen molar-refractivity contribution in [2.45, 2.75) is 70.4 Å². The molecular formula is C31H39F3N6O8. The van der Waals surface area contributed by atoms with Crippen molar-refractivity contribution in [3.05, 3.63) is 64.2 Å². The molecule has 1 saturated heterocycles. The fourth-order valence-corrected chi connectivity index (χ4v) is 4.76. The van der Waals surface area contributed by atoms with E-state index in [1.165, 1.54) is 17.0 Å². The van der Waals surface area contributed by atoms with Gasteiger partial charge in [-0.1, -0.05) is 50.2 Å². The van der Waals surface area contributed by atoms with Gasteiger partial charge < -0.3 is 31.7 Å². The number of likely N-dealkylation sites (tertiary alicyclic amines) is 1. The molecule has 1 fully saturated rings. The maximum Gasteiger partial charge on any atom is 0.490 e. The molecule has 3 rings (SSSR count). The first-order chi connectivity index (χ1) is 22.4. The number of rotatable bonds is 12. The number of carbonyl (C=O) groups is 5. The Hall–Kier alpha value is -5.06. The molecule has 1 aliphatic rings. The molecule has 17 heteroatoms. The largest absolute Gasteiger partial charge is 0.490 e. The summed E-state index contributed by atoms with van der Waals surface area (Å²) in [6, 6.07) is 10.3. The second-order valence-corrected chi connectivity index (χ2v) is 11.4. The second-order valence-electron chi connectivity index (χ2n) is 11.4. The number of likely N-dealkylation sites (N-methyl/N-ethyl adjacent to an activating group) is 1. The number of nitrogens with zero attached hydrogens (tertiary/aromatic N) is 2. The van der Waals surface area contributed by atoms with Crippen LogP contribution in [0.1, 0.15) is 39.2 Å². The number of nitro groups is 1. The molecule has 2 aromatic rings. The number of amides is 4. The summed E-state index contributed by atoms with van der Waals surface area (Å²) in [4.78, 5) is 72.5. The molecule has 1 heterocycles. The molecule has 4 atom stereocenters. The van der Waals surface area contributed by atoms with Crippen LogP contribution < -0.4 is 21.7 Å². The van der Waals surface area contributed by atoms with Gasteiger partial charge in [-0.15, -0.1) is 0 Å². The van der Waals surface area contributed by atoms with Crippen LogP contribution in [-0.4, -0.2) is 88.5 Å². The highest BCUT2D eigenvalue weighted by Crippen LogP contribution is 2.25. The summed E-state index contributed by atoms with van der Waals surface area (Å²) in [5.41, 5.74) is 7.77. The molecule has 4 amide bonds. The first kappa shape index (κ1) is 39.1. The maximum atomic E-state index is 13.4. The Balaban J connectivity index is 0.00000103. The number of hydrogen-bond acceptors (Lipinski definition) is 8. The first-order valence-electron chi connectivity index (χ1n) is 14.9. The topological polar surface area (TPSA) is 214 Å². The van der Waals surface area contributed by atoms with E-state index in [1.54, 1.807) is 50.4 Å². The lowest BCUT2D eigenvalue weighted by Gasteiger charge is -2.31. The van der Waals surface area contributed by atoms with E-state index in [-0.39, 0.29) is 29.8 Å². The van der Waals surface area contributed by atoms with Crippen molar-refractivity contribution >= 4 is 35.3 Å². The minimum atomic E-state index is -5.08. The van der Waals surface area contributed by atoms with Gasteiger partial charge in [0.2, 0.25) is 23.6 Å². The summed E-state index contributed by atoms with van der Waals surface area (Å²) in [5.74, 6) is -4.82. The number of carboxylic acids is 1. The SMILES string of the molecule is CN[C@@H](C)C(=O)N[C@H](C(=O)N1CCC[C@H]1C(=O)N[C@@H](Cc1ccc(-c2cccc([N+](=O)[O-])c2)cc1)C(N)=O)C(C)C.O=C(O)C(F)(F)F. The summed E-state index contributed by atoms with van der Waals surface area (Å²) in [6.07, 6.45) is -3.92. The average Bonchev–Trinajstić information content (AvgIpc) is 3.53. The molecule has 0 aromatic heterocycles. The van der Waals surface area contributed by atoms with Crippen molar-refractivity contribution in [2.75, 3.05) is 13.6 Å². The zero-order valence-electron chi connectivity index (χ0n) is 26.7. The van der Waals surface area contributed by atoms with Gasteiger partial charge in [-0.25, -0.2) is 4.79 Å². The Morgan fingerprint density at radius 2 is 1.65 bits per heavy atom. The number of aliphatic carboxylic acids is 1. The number of hydrogen-bond donors (Lipinski definition) is 5. The van der Waals surface area contributed by atoms with Crippen LogP contribution in [0.2, 0.25) is 0 Å². The van der Waals surface area contributed by atoms with Crippen molar-refractivity contribution in [1.29, 1.82) is 0 Å². The fraction of sp³-hybridized carbons (Fsp3) is 0.452. The smallest absolute Gasteiger partial charge is 0.475 e. The minimum absolute atomic E-state index is 0.0165. The molecule has 14 nitrogen and oxygen atoms in total. The Morgan fingerprint density at radius 3 is 2.15 bits per heavy atom. The van der Waals surface area contributed by atoms with Crippen LogP contribution in [0, 0.1) is 16.0 Å². The Labute approximate surface area is 274 Å². The van der Waals surface area contributed by atoms with Crippen LogP contribution in [0.4, 0.5) is 18.9 Å². The highest BCUT2D eigenvalue weighted by Gasteiger charge is 2.40. The molecule has 0 unspecified atom stereocenters. The minimum Gasteiger partial charge on any atom is -0.475 e. The third kappa shape index (κ3) is 11.0. The van der Waals surface area contributed by atoms with Crippen LogP contribution in [-0.2, 0) is 30.4 Å². The molecule has 0 aliphatic carbocycles. The number of carbonyl (C=O) groups excluding carboxylic acids is 4. The zero-order valence-corrected chi connectivity index (χ0v) is 26.7. The molecule has 48 heavy (non-hydrogen) atoms. The number of primary amides is 1. The standard InChI is InChI=1S/C29H38N6O6.C2HF3O2/c1-17(2)25(33-27(37)18(3)31-4)29(39)34-14-6-9-24(34)28(38)32-23(26(30)36)15-19-10-12-20(13-11-19)21-7-5-8-22(16-21)35(40)41;3-2(4,5)1(6)7/h5,7-8,10-13,16-18,23-25,31H,6,9,14-15H2,1-4H3,(H2,30,36)(H,32,38)(H,33,37);(H,6,7)/t18-,23-,24-,25-;/m0./s1. The van der Waals surface area contributed by atoms with Crippen molar-refractivity contribution in [2.24, 2.45) is 11.7 Å². The average molecular weight is 681 g/mol. The van der Waals surface area contributed by atoms with Gasteiger partial charge in [0.25, 0.3) is 5.69 Å². The highest BCUT2D eigenvalue weighted by molar-refractivity contribution is 5.95. The van der Waals surface area contributed by atoms with Gasteiger partial charge in [0.05, 0.1) is 11.0 Å². The van der Waals surface area contributed by atoms with E-state index in [0.29, 0.717) is 24.9 Å². The van der Waals surface area contributed by atoms with Gasteiger partial charge in [-0.05, 0) is 49.4 Å². The van der Waals surface area contributed by atoms with Gasteiger partial charge in [0, 0.05) is 25.1 Å². The summed E-state index contributed by atoms with van der Waals surface area (Å²) in [7, 11) is 1.65. The van der Waals surface area contributed by atoms with Gasteiger partial charge >= 0.3 is 12.1 Å². The van der Waals surface area contributed by atoms with E-state index >= 15 is 0 Å². The summed E-state index contributed by atoms with van der Waals surface area (Å²) >= 11 is 0. The third-order valence-corrected chi connectivity index (χ3v) is 7.58. The molecule has 6 N–H and O–H groups in total. The zero-order chi connectivity index (χ0) is 36.3. The molecule has 0 radical (unpaired) electrons. The number of nitrogens with one attached hydrogen (secondary N) is 3. The third-order valence-electron chi connectivity index (χ3n) is 7.58. The quantitative estimate of drug-likeness (QED) is 0.164. The van der Waals surface area contributed by atoms with Crippen LogP contribution in [0.5, 0.6) is 0 Å². The summed E-state index contributed by atoms with van der Waals surface area (Å²) in [6.45, 7) is 5.70. The van der Waals surface area contributed by atoms with E-state index in [9.17, 15) is 42.5 Å². The summed E-state index contributed by atoms with van der Waals surface area (Å²) < 4.78 is 31.7. The lowest BCUT2D eigenvalue weighted by molar-refractivity contribution is -0.384. The van der Waals surface area contributed by atoms with Gasteiger partial charge in [-0.2, -0.15) is 13.2 Å². The lowest BCUT2D eigenvalue weighted by Crippen LogP contribution is -2.58. The molecule has 2 aromatic carbocycles. The Morgan fingerprint density at radius 1 is 1.04 bits per heavy atom. The molecular weight excluding hydrogens is 641 g/mol. The second kappa shape index (κ2) is 17.2. The molecule has 0 spiro atoms. The number of nitro benzene ring substituents is 1. The number of alkyl halides is 3. The van der Waals surface area contributed by atoms with Crippen LogP contribution >= 0.6 is 0 Å². The van der Waals surface area contributed by atoms with Gasteiger partial charge in [-0.3, -0.25) is 29.3 Å². The van der Waals surface area contributed by atoms with Gasteiger partial charge in [0.1, 0.15) is 18.1 Å². The predicted octanol–water partition coefficient (Wildman–Crippen LogP) is 2.15. The molecule has 1 aliphatic heterocycles. The monoisotopic (exact) mass is 680 g/mol. The van der Waals surface area contributed by atoms with Crippen molar-refractivity contribution in [3.63, 3.8) is 0 Å². The van der Waals surface area contributed by atoms with Crippen LogP contribution in [0.15, 0.2) is 48.5 Å². The predicted molar refractivity (Wildman–Crippen MR) is 167 cm³/mol. The van der Waals surface area contributed by atoms with Crippen LogP contribution in [0.3, 0.4) is 0 Å². The molecule has 0 bridgehead atoms. The lowest BCUT2D eigenvalue weighted by atomic mass is 9.99. The normalized spacial score (nSPS) is 16.2. The van der Waals surface area contributed by atoms with E-state index in [4.69, 9.17) is 15.6 Å². The maximum absolute atomic E-state index is 13.4. The molecule has 0 saturated carbocycles. The van der Waals surface area contributed by atoms with E-state index in [0.717, 1.165) is 11.1 Å². The molecule has 262 valence electrons. The highest BCUT2D eigenvalue weighted by atomic mass is 19.4. The first-order valence-corrected chi connectivity index (χ1v) is 14.9. The fourth-order valence-electron chi connectivity index (χ4n) is 4.76.